The van der Waals surface area contributed by atoms with Gasteiger partial charge in [0.25, 0.3) is 0 Å². The van der Waals surface area contributed by atoms with E-state index in [1.165, 1.54) is 0 Å². The monoisotopic (exact) mass is 208 g/mol. The van der Waals surface area contributed by atoms with Gasteiger partial charge in [0.1, 0.15) is 5.75 Å². The summed E-state index contributed by atoms with van der Waals surface area (Å²) in [7, 11) is 0. The first-order valence-corrected chi connectivity index (χ1v) is 2.60. The van der Waals surface area contributed by atoms with Crippen molar-refractivity contribution in [1.82, 2.24) is 0 Å². The molecular formula is C6H7ClNa2O3. The van der Waals surface area contributed by atoms with Crippen LogP contribution in [0.2, 0.25) is 0 Å². The molecule has 1 rings (SSSR count). The molecule has 0 aliphatic carbocycles. The number of phenols is 1. The fourth-order valence-corrected chi connectivity index (χ4v) is 0.428. The van der Waals surface area contributed by atoms with E-state index in [0.717, 1.165) is 0 Å². The van der Waals surface area contributed by atoms with Gasteiger partial charge in [-0.2, -0.15) is 0 Å². The number of hydrogen-bond donors (Lipinski definition) is 1. The summed E-state index contributed by atoms with van der Waals surface area (Å²) in [6, 6.07) is 8.71. The molecule has 1 aromatic carbocycles. The van der Waals surface area contributed by atoms with E-state index >= 15 is 0 Å². The van der Waals surface area contributed by atoms with Crippen LogP contribution >= 0.6 is 11.9 Å². The van der Waals surface area contributed by atoms with Gasteiger partial charge in [-0.05, 0) is 12.1 Å². The van der Waals surface area contributed by atoms with Gasteiger partial charge in [-0.15, -0.1) is 0 Å². The molecule has 0 aromatic heterocycles. The van der Waals surface area contributed by atoms with Crippen LogP contribution in [0.1, 0.15) is 0 Å². The first-order valence-electron chi connectivity index (χ1n) is 2.29. The molecule has 0 atom stereocenters. The molecule has 0 aliphatic heterocycles. The van der Waals surface area contributed by atoms with Crippen LogP contribution in [0.5, 0.6) is 5.75 Å². The van der Waals surface area contributed by atoms with E-state index in [9.17, 15) is 0 Å². The predicted molar refractivity (Wildman–Crippen MR) is 35.9 cm³/mol. The summed E-state index contributed by atoms with van der Waals surface area (Å²) >= 11 is 3.39. The standard InChI is InChI=1S/C6H6O.ClO.2Na.H2O/c7-6-4-2-1-3-5-6;1-2;;;/h1-5,7H;;;;1H2/q;-1;2*+1;/p-1. The number of benzene rings is 1. The second-order valence-corrected chi connectivity index (χ2v) is 1.34. The van der Waals surface area contributed by atoms with Gasteiger partial charge in [-0.1, -0.05) is 18.2 Å². The normalized spacial score (nSPS) is 5.50. The Kier molecular flexibility index (Phi) is 35.0. The van der Waals surface area contributed by atoms with Crippen molar-refractivity contribution in [3.05, 3.63) is 30.3 Å². The average molecular weight is 209 g/mol. The number of halogens is 1. The van der Waals surface area contributed by atoms with Crippen molar-refractivity contribution in [2.24, 2.45) is 0 Å². The van der Waals surface area contributed by atoms with E-state index in [1.54, 1.807) is 24.3 Å². The van der Waals surface area contributed by atoms with Crippen LogP contribution in [0.15, 0.2) is 30.3 Å². The van der Waals surface area contributed by atoms with Crippen molar-refractivity contribution in [2.45, 2.75) is 0 Å². The molecule has 0 saturated carbocycles. The molecule has 58 valence electrons. The van der Waals surface area contributed by atoms with Crippen molar-refractivity contribution < 1.29 is 74.4 Å². The largest absolute Gasteiger partial charge is 1.00 e. The van der Waals surface area contributed by atoms with Crippen LogP contribution in [0, 0.1) is 0 Å². The van der Waals surface area contributed by atoms with Crippen LogP contribution in [-0.2, 0) is 0 Å². The summed E-state index contributed by atoms with van der Waals surface area (Å²) < 4.78 is 7.72. The fraction of sp³-hybridized carbons (Fsp3) is 0. The van der Waals surface area contributed by atoms with Crippen molar-refractivity contribution in [3.8, 4) is 5.75 Å². The number of rotatable bonds is 0. The molecule has 0 saturated heterocycles. The number of phenolic OH excluding ortho intramolecular Hbond substituents is 1. The molecule has 0 aliphatic rings. The first kappa shape index (κ1) is 23.2. The molecule has 0 amide bonds. The minimum atomic E-state index is 0. The van der Waals surface area contributed by atoms with Gasteiger partial charge < -0.3 is 15.2 Å². The van der Waals surface area contributed by atoms with Crippen LogP contribution < -0.4 is 63.8 Å². The van der Waals surface area contributed by atoms with E-state index in [-0.39, 0.29) is 64.6 Å². The molecule has 0 heterocycles. The van der Waals surface area contributed by atoms with E-state index in [1.807, 2.05) is 6.07 Å². The third kappa shape index (κ3) is 13.8. The molecule has 6 heteroatoms. The third-order valence-corrected chi connectivity index (χ3v) is 0.756. The summed E-state index contributed by atoms with van der Waals surface area (Å²) in [5.74, 6) is 0.322. The minimum absolute atomic E-state index is 0. The van der Waals surface area contributed by atoms with Gasteiger partial charge in [0.2, 0.25) is 0 Å². The third-order valence-electron chi connectivity index (χ3n) is 0.756. The maximum Gasteiger partial charge on any atom is 1.00 e. The maximum absolute atomic E-state index is 8.63. The Morgan fingerprint density at radius 3 is 1.50 bits per heavy atom. The Bertz CT molecular complexity index is 151. The van der Waals surface area contributed by atoms with E-state index in [0.29, 0.717) is 5.75 Å². The predicted octanol–water partition coefficient (Wildman–Crippen LogP) is -5.28. The zero-order chi connectivity index (χ0) is 7.11. The molecule has 0 unspecified atom stereocenters. The zero-order valence-corrected chi connectivity index (χ0v) is 11.8. The number of aromatic hydroxyl groups is 1. The van der Waals surface area contributed by atoms with Crippen LogP contribution in [-0.4, -0.2) is 10.6 Å². The fourth-order valence-electron chi connectivity index (χ4n) is 0.428. The summed E-state index contributed by atoms with van der Waals surface area (Å²) in [4.78, 5) is 0. The summed E-state index contributed by atoms with van der Waals surface area (Å²) in [6.45, 7) is 0. The molecule has 1 aromatic rings. The van der Waals surface area contributed by atoms with Gasteiger partial charge in [-0.3, -0.25) is 0 Å². The van der Waals surface area contributed by atoms with Crippen LogP contribution in [0.3, 0.4) is 0 Å². The van der Waals surface area contributed by atoms with Crippen molar-refractivity contribution in [2.75, 3.05) is 0 Å². The molecular weight excluding hydrogens is 201 g/mol. The Hall–Kier alpha value is 1.23. The van der Waals surface area contributed by atoms with E-state index < -0.39 is 0 Å². The van der Waals surface area contributed by atoms with E-state index in [4.69, 9.17) is 9.77 Å². The molecule has 0 bridgehead atoms. The molecule has 0 fully saturated rings. The molecule has 0 spiro atoms. The van der Waals surface area contributed by atoms with E-state index in [2.05, 4.69) is 11.9 Å². The molecule has 12 heavy (non-hydrogen) atoms. The Labute approximate surface area is 121 Å². The Morgan fingerprint density at radius 1 is 1.00 bits per heavy atom. The minimum Gasteiger partial charge on any atom is -0.870 e. The quantitative estimate of drug-likeness (QED) is 0.433. The number of para-hydroxylation sites is 1. The smallest absolute Gasteiger partial charge is 0.870 e. The zero-order valence-electron chi connectivity index (χ0n) is 7.07. The van der Waals surface area contributed by atoms with Gasteiger partial charge in [0, 0.05) is 0 Å². The second-order valence-electron chi connectivity index (χ2n) is 1.34. The van der Waals surface area contributed by atoms with Crippen LogP contribution in [0.25, 0.3) is 0 Å². The first-order chi connectivity index (χ1) is 4.39. The SMILES string of the molecule is Oc1ccccc1.[Na+].[Na+].[O-]Cl.[OH-]. The summed E-state index contributed by atoms with van der Waals surface area (Å²) in [6.07, 6.45) is 0. The average Bonchev–Trinajstić information content (AvgIpc) is 1.94. The molecule has 0 radical (unpaired) electrons. The maximum atomic E-state index is 8.63. The van der Waals surface area contributed by atoms with Gasteiger partial charge in [0.15, 0.2) is 0 Å². The van der Waals surface area contributed by atoms with Gasteiger partial charge >= 0.3 is 59.1 Å². The van der Waals surface area contributed by atoms with Crippen molar-refractivity contribution in [1.29, 1.82) is 0 Å². The summed E-state index contributed by atoms with van der Waals surface area (Å²) in [5, 5.41) is 8.63. The van der Waals surface area contributed by atoms with Gasteiger partial charge in [0.05, 0.1) is 0 Å². The van der Waals surface area contributed by atoms with Gasteiger partial charge in [-0.25, -0.2) is 11.9 Å². The number of hydrogen-bond acceptors (Lipinski definition) is 3. The van der Waals surface area contributed by atoms with Crippen molar-refractivity contribution >= 4 is 11.9 Å². The molecule has 2 N–H and O–H groups in total. The molecule has 3 nitrogen and oxygen atoms in total. The summed E-state index contributed by atoms with van der Waals surface area (Å²) in [5.41, 5.74) is 0. The Morgan fingerprint density at radius 2 is 1.33 bits per heavy atom. The topological polar surface area (TPSA) is 73.3 Å². The second kappa shape index (κ2) is 18.1. The van der Waals surface area contributed by atoms with Crippen LogP contribution in [0.4, 0.5) is 0 Å². The van der Waals surface area contributed by atoms with Crippen molar-refractivity contribution in [3.63, 3.8) is 0 Å². The Balaban J connectivity index is -0.0000000600.